The molecule has 0 bridgehead atoms. The number of aryl methyl sites for hydroxylation is 1. The van der Waals surface area contributed by atoms with Crippen LogP contribution in [0, 0.1) is 6.92 Å². The molecule has 0 spiro atoms. The number of anilines is 2. The van der Waals surface area contributed by atoms with Gasteiger partial charge >= 0.3 is 0 Å². The highest BCUT2D eigenvalue weighted by Gasteiger charge is 2.20. The Morgan fingerprint density at radius 2 is 2.12 bits per heavy atom. The van der Waals surface area contributed by atoms with Crippen LogP contribution in [0.1, 0.15) is 16.2 Å². The van der Waals surface area contributed by atoms with E-state index in [1.807, 2.05) is 12.1 Å². The van der Waals surface area contributed by atoms with E-state index in [0.717, 1.165) is 0 Å². The van der Waals surface area contributed by atoms with Gasteiger partial charge in [0.25, 0.3) is 5.91 Å². The minimum Gasteiger partial charge on any atom is -0.438 e. The monoisotopic (exact) mass is 231 g/mol. The molecule has 0 unspecified atom stereocenters. The summed E-state index contributed by atoms with van der Waals surface area (Å²) in [4.78, 5) is 17.5. The molecule has 0 radical (unpaired) electrons. The van der Waals surface area contributed by atoms with Crippen LogP contribution in [-0.4, -0.2) is 17.9 Å². The van der Waals surface area contributed by atoms with Crippen LogP contribution in [-0.2, 0) is 0 Å². The molecule has 2 rings (SSSR count). The second kappa shape index (κ2) is 4.29. The van der Waals surface area contributed by atoms with E-state index in [-0.39, 0.29) is 11.7 Å². The van der Waals surface area contributed by atoms with Gasteiger partial charge in [-0.15, -0.1) is 0 Å². The van der Waals surface area contributed by atoms with Crippen LogP contribution < -0.4 is 10.6 Å². The first kappa shape index (κ1) is 11.2. The largest absolute Gasteiger partial charge is 0.438 e. The Hall–Kier alpha value is -2.30. The number of nitrogen functional groups attached to an aromatic ring is 1. The highest BCUT2D eigenvalue weighted by Crippen LogP contribution is 2.23. The van der Waals surface area contributed by atoms with Crippen molar-refractivity contribution < 1.29 is 9.21 Å². The first-order valence-corrected chi connectivity index (χ1v) is 5.14. The molecule has 17 heavy (non-hydrogen) atoms. The van der Waals surface area contributed by atoms with Crippen LogP contribution in [0.4, 0.5) is 11.4 Å². The summed E-state index contributed by atoms with van der Waals surface area (Å²) in [6.07, 6.45) is 1.25. The van der Waals surface area contributed by atoms with Crippen molar-refractivity contribution in [2.24, 2.45) is 0 Å². The van der Waals surface area contributed by atoms with Gasteiger partial charge in [-0.2, -0.15) is 0 Å². The molecule has 0 fully saturated rings. The number of benzene rings is 1. The van der Waals surface area contributed by atoms with Gasteiger partial charge < -0.3 is 15.1 Å². The summed E-state index contributed by atoms with van der Waals surface area (Å²) >= 11 is 0. The molecule has 0 aliphatic rings. The van der Waals surface area contributed by atoms with Crippen molar-refractivity contribution in [2.75, 3.05) is 17.7 Å². The topological polar surface area (TPSA) is 72.4 Å². The summed E-state index contributed by atoms with van der Waals surface area (Å²) in [7, 11) is 1.65. The molecule has 0 saturated heterocycles. The summed E-state index contributed by atoms with van der Waals surface area (Å²) in [5.74, 6) is -0.0337. The Labute approximate surface area is 98.9 Å². The van der Waals surface area contributed by atoms with Gasteiger partial charge in [0.05, 0.1) is 17.1 Å². The molecule has 2 N–H and O–H groups in total. The molecule has 0 saturated carbocycles. The predicted octanol–water partition coefficient (Wildman–Crippen LogP) is 1.84. The quantitative estimate of drug-likeness (QED) is 0.800. The summed E-state index contributed by atoms with van der Waals surface area (Å²) in [6.45, 7) is 1.72. The first-order valence-electron chi connectivity index (χ1n) is 5.14. The van der Waals surface area contributed by atoms with Gasteiger partial charge in [0.1, 0.15) is 0 Å². The normalized spacial score (nSPS) is 10.2. The third kappa shape index (κ3) is 1.99. The molecule has 0 aliphatic carbocycles. The van der Waals surface area contributed by atoms with Crippen LogP contribution in [0.2, 0.25) is 0 Å². The van der Waals surface area contributed by atoms with Crippen molar-refractivity contribution in [1.29, 1.82) is 0 Å². The molecule has 1 amide bonds. The number of nitrogens with two attached hydrogens (primary N) is 1. The van der Waals surface area contributed by atoms with E-state index in [1.54, 1.807) is 26.1 Å². The van der Waals surface area contributed by atoms with E-state index in [0.29, 0.717) is 17.1 Å². The van der Waals surface area contributed by atoms with Crippen LogP contribution in [0.3, 0.4) is 0 Å². The average molecular weight is 231 g/mol. The molecule has 88 valence electrons. The van der Waals surface area contributed by atoms with Crippen molar-refractivity contribution in [3.8, 4) is 0 Å². The van der Waals surface area contributed by atoms with Crippen LogP contribution in [0.5, 0.6) is 0 Å². The standard InChI is InChI=1S/C12H13N3O2/c1-8-11(17-7-14-8)12(16)15(2)10-6-4-3-5-9(10)13/h3-7H,13H2,1-2H3. The lowest BCUT2D eigenvalue weighted by molar-refractivity contribution is 0.0966. The number of carbonyl (C=O) groups is 1. The second-order valence-corrected chi connectivity index (χ2v) is 3.69. The predicted molar refractivity (Wildman–Crippen MR) is 64.8 cm³/mol. The fraction of sp³-hybridized carbons (Fsp3) is 0.167. The maximum atomic E-state index is 12.1. The number of carbonyl (C=O) groups excluding carboxylic acids is 1. The third-order valence-electron chi connectivity index (χ3n) is 2.54. The molecule has 0 aliphatic heterocycles. The second-order valence-electron chi connectivity index (χ2n) is 3.69. The SMILES string of the molecule is Cc1ncoc1C(=O)N(C)c1ccccc1N. The Morgan fingerprint density at radius 3 is 2.71 bits per heavy atom. The molecular formula is C12H13N3O2. The summed E-state index contributed by atoms with van der Waals surface area (Å²) in [5, 5.41) is 0. The maximum Gasteiger partial charge on any atom is 0.295 e. The average Bonchev–Trinajstić information content (AvgIpc) is 2.74. The fourth-order valence-electron chi connectivity index (χ4n) is 1.56. The summed E-state index contributed by atoms with van der Waals surface area (Å²) < 4.78 is 5.07. The van der Waals surface area contributed by atoms with Gasteiger partial charge in [0, 0.05) is 7.05 Å². The van der Waals surface area contributed by atoms with Gasteiger partial charge in [-0.1, -0.05) is 12.1 Å². The van der Waals surface area contributed by atoms with Crippen molar-refractivity contribution in [3.63, 3.8) is 0 Å². The van der Waals surface area contributed by atoms with Gasteiger partial charge in [-0.25, -0.2) is 4.98 Å². The van der Waals surface area contributed by atoms with Gasteiger partial charge in [0.15, 0.2) is 6.39 Å². The van der Waals surface area contributed by atoms with Crippen molar-refractivity contribution in [1.82, 2.24) is 4.98 Å². The highest BCUT2D eigenvalue weighted by molar-refractivity contribution is 6.05. The highest BCUT2D eigenvalue weighted by atomic mass is 16.3. The number of para-hydroxylation sites is 2. The summed E-state index contributed by atoms with van der Waals surface area (Å²) in [6, 6.07) is 7.16. The van der Waals surface area contributed by atoms with Crippen molar-refractivity contribution in [3.05, 3.63) is 42.1 Å². The molecule has 5 heteroatoms. The number of hydrogen-bond donors (Lipinski definition) is 1. The zero-order chi connectivity index (χ0) is 12.4. The molecular weight excluding hydrogens is 218 g/mol. The Bertz CT molecular complexity index is 548. The van der Waals surface area contributed by atoms with Gasteiger partial charge in [0.2, 0.25) is 5.76 Å². The smallest absolute Gasteiger partial charge is 0.295 e. The Balaban J connectivity index is 2.33. The van der Waals surface area contributed by atoms with E-state index in [2.05, 4.69) is 4.98 Å². The minimum atomic E-state index is -0.266. The van der Waals surface area contributed by atoms with E-state index in [4.69, 9.17) is 10.2 Å². The van der Waals surface area contributed by atoms with E-state index < -0.39 is 0 Å². The first-order chi connectivity index (χ1) is 8.11. The molecule has 5 nitrogen and oxygen atoms in total. The fourth-order valence-corrected chi connectivity index (χ4v) is 1.56. The lowest BCUT2D eigenvalue weighted by atomic mass is 10.2. The van der Waals surface area contributed by atoms with Crippen LogP contribution in [0.15, 0.2) is 35.1 Å². The molecule has 1 aromatic heterocycles. The molecule has 0 atom stereocenters. The lowest BCUT2D eigenvalue weighted by Crippen LogP contribution is -2.27. The van der Waals surface area contributed by atoms with E-state index in [1.165, 1.54) is 11.3 Å². The van der Waals surface area contributed by atoms with Crippen molar-refractivity contribution in [2.45, 2.75) is 6.92 Å². The van der Waals surface area contributed by atoms with Crippen LogP contribution in [0.25, 0.3) is 0 Å². The minimum absolute atomic E-state index is 0.232. The number of amides is 1. The molecule has 1 heterocycles. The number of rotatable bonds is 2. The Morgan fingerprint density at radius 1 is 1.41 bits per heavy atom. The van der Waals surface area contributed by atoms with Crippen LogP contribution >= 0.6 is 0 Å². The van der Waals surface area contributed by atoms with E-state index >= 15 is 0 Å². The van der Waals surface area contributed by atoms with Gasteiger partial charge in [-0.05, 0) is 19.1 Å². The third-order valence-corrected chi connectivity index (χ3v) is 2.54. The van der Waals surface area contributed by atoms with Gasteiger partial charge in [-0.3, -0.25) is 4.79 Å². The number of aromatic nitrogens is 1. The maximum absolute atomic E-state index is 12.1. The number of oxazole rings is 1. The van der Waals surface area contributed by atoms with E-state index in [9.17, 15) is 4.79 Å². The zero-order valence-electron chi connectivity index (χ0n) is 9.68. The zero-order valence-corrected chi connectivity index (χ0v) is 9.68. The number of nitrogens with zero attached hydrogens (tertiary/aromatic N) is 2. The molecule has 2 aromatic rings. The number of hydrogen-bond acceptors (Lipinski definition) is 4. The summed E-state index contributed by atoms with van der Waals surface area (Å²) in [5.41, 5.74) is 7.57. The Kier molecular flexibility index (Phi) is 2.82. The lowest BCUT2D eigenvalue weighted by Gasteiger charge is -2.17. The van der Waals surface area contributed by atoms with Crippen molar-refractivity contribution >= 4 is 17.3 Å². The molecule has 1 aromatic carbocycles.